The largest absolute Gasteiger partial charge is 0.280 e. The van der Waals surface area contributed by atoms with E-state index >= 15 is 0 Å². The minimum atomic E-state index is -3.68. The summed E-state index contributed by atoms with van der Waals surface area (Å²) in [6.45, 7) is 1.89. The van der Waals surface area contributed by atoms with E-state index in [9.17, 15) is 16.8 Å². The summed E-state index contributed by atoms with van der Waals surface area (Å²) >= 11 is 0. The van der Waals surface area contributed by atoms with E-state index in [-0.39, 0.29) is 9.79 Å². The van der Waals surface area contributed by atoms with Crippen molar-refractivity contribution in [3.63, 3.8) is 0 Å². The molecule has 3 rings (SSSR count). The van der Waals surface area contributed by atoms with E-state index in [1.165, 1.54) is 12.1 Å². The Labute approximate surface area is 159 Å². The number of sulfone groups is 1. The Bertz CT molecular complexity index is 1170. The van der Waals surface area contributed by atoms with Crippen molar-refractivity contribution in [1.29, 1.82) is 0 Å². The highest BCUT2D eigenvalue weighted by Gasteiger charge is 2.14. The van der Waals surface area contributed by atoms with Crippen LogP contribution in [0.1, 0.15) is 5.56 Å². The van der Waals surface area contributed by atoms with Gasteiger partial charge < -0.3 is 0 Å². The van der Waals surface area contributed by atoms with E-state index in [4.69, 9.17) is 0 Å². The molecule has 0 atom stereocenters. The molecule has 0 fully saturated rings. The lowest BCUT2D eigenvalue weighted by Gasteiger charge is -2.10. The van der Waals surface area contributed by atoms with Gasteiger partial charge in [-0.1, -0.05) is 42.0 Å². The predicted octanol–water partition coefficient (Wildman–Crippen LogP) is 3.87. The summed E-state index contributed by atoms with van der Waals surface area (Å²) in [5.41, 5.74) is 2.98. The van der Waals surface area contributed by atoms with E-state index in [1.807, 2.05) is 13.0 Å². The van der Waals surface area contributed by atoms with Crippen LogP contribution in [-0.4, -0.2) is 23.1 Å². The van der Waals surface area contributed by atoms with Gasteiger partial charge in [0.1, 0.15) is 0 Å². The quantitative estimate of drug-likeness (QED) is 0.704. The molecular formula is C20H19NO4S2. The zero-order valence-corrected chi connectivity index (χ0v) is 16.5. The molecule has 27 heavy (non-hydrogen) atoms. The van der Waals surface area contributed by atoms with Gasteiger partial charge in [-0.05, 0) is 54.4 Å². The van der Waals surface area contributed by atoms with Crippen LogP contribution in [-0.2, 0) is 19.9 Å². The van der Waals surface area contributed by atoms with Gasteiger partial charge in [0.25, 0.3) is 10.0 Å². The van der Waals surface area contributed by atoms with Gasteiger partial charge in [-0.3, -0.25) is 4.72 Å². The van der Waals surface area contributed by atoms with Crippen molar-refractivity contribution in [1.82, 2.24) is 0 Å². The molecule has 0 aliphatic rings. The van der Waals surface area contributed by atoms with Gasteiger partial charge in [0.2, 0.25) is 0 Å². The van der Waals surface area contributed by atoms with Gasteiger partial charge in [0, 0.05) is 11.9 Å². The number of sulfonamides is 1. The number of rotatable bonds is 5. The highest BCUT2D eigenvalue weighted by molar-refractivity contribution is 7.92. The first-order valence-electron chi connectivity index (χ1n) is 8.15. The van der Waals surface area contributed by atoms with Crippen molar-refractivity contribution in [2.45, 2.75) is 16.7 Å². The molecule has 3 aromatic carbocycles. The second-order valence-corrected chi connectivity index (χ2v) is 9.99. The first-order chi connectivity index (χ1) is 12.6. The minimum absolute atomic E-state index is 0.191. The summed E-state index contributed by atoms with van der Waals surface area (Å²) in [5, 5.41) is 0. The highest BCUT2D eigenvalue weighted by Crippen LogP contribution is 2.25. The van der Waals surface area contributed by atoms with Crippen molar-refractivity contribution in [3.05, 3.63) is 78.4 Å². The second-order valence-electron chi connectivity index (χ2n) is 6.30. The van der Waals surface area contributed by atoms with Crippen LogP contribution in [0, 0.1) is 6.92 Å². The first-order valence-corrected chi connectivity index (χ1v) is 11.5. The van der Waals surface area contributed by atoms with E-state index in [0.717, 1.165) is 22.9 Å². The molecule has 0 saturated carbocycles. The third kappa shape index (κ3) is 4.56. The minimum Gasteiger partial charge on any atom is -0.280 e. The molecule has 0 radical (unpaired) electrons. The zero-order valence-electron chi connectivity index (χ0n) is 14.9. The van der Waals surface area contributed by atoms with Crippen molar-refractivity contribution in [2.24, 2.45) is 0 Å². The molecule has 0 amide bonds. The Morgan fingerprint density at radius 1 is 0.704 bits per heavy atom. The predicted molar refractivity (Wildman–Crippen MR) is 107 cm³/mol. The molecule has 1 N–H and O–H groups in total. The molecule has 7 heteroatoms. The first kappa shape index (κ1) is 19.1. The fourth-order valence-electron chi connectivity index (χ4n) is 2.59. The van der Waals surface area contributed by atoms with Crippen molar-refractivity contribution in [2.75, 3.05) is 11.0 Å². The van der Waals surface area contributed by atoms with Crippen molar-refractivity contribution >= 4 is 25.5 Å². The van der Waals surface area contributed by atoms with Crippen LogP contribution in [0.5, 0.6) is 0 Å². The van der Waals surface area contributed by atoms with Gasteiger partial charge in [-0.25, -0.2) is 16.8 Å². The van der Waals surface area contributed by atoms with Gasteiger partial charge >= 0.3 is 0 Å². The maximum Gasteiger partial charge on any atom is 0.261 e. The lowest BCUT2D eigenvalue weighted by atomic mass is 10.1. The second kappa shape index (κ2) is 7.17. The van der Waals surface area contributed by atoms with Crippen molar-refractivity contribution < 1.29 is 16.8 Å². The number of hydrogen-bond acceptors (Lipinski definition) is 4. The van der Waals surface area contributed by atoms with Crippen LogP contribution in [0.25, 0.3) is 11.1 Å². The van der Waals surface area contributed by atoms with E-state index in [1.54, 1.807) is 54.6 Å². The number of anilines is 1. The number of benzene rings is 3. The summed E-state index contributed by atoms with van der Waals surface area (Å²) in [6.07, 6.45) is 1.16. The average molecular weight is 402 g/mol. The maximum absolute atomic E-state index is 12.5. The SMILES string of the molecule is Cc1ccc(S(=O)(=O)Nc2cccc(-c3ccc(S(C)(=O)=O)cc3)c2)cc1. The summed E-state index contributed by atoms with van der Waals surface area (Å²) in [7, 11) is -6.94. The zero-order chi connectivity index (χ0) is 19.7. The van der Waals surface area contributed by atoms with Crippen LogP contribution in [0.3, 0.4) is 0 Å². The Hall–Kier alpha value is -2.64. The van der Waals surface area contributed by atoms with Gasteiger partial charge in [-0.15, -0.1) is 0 Å². The normalized spacial score (nSPS) is 11.9. The maximum atomic E-state index is 12.5. The fraction of sp³-hybridized carbons (Fsp3) is 0.100. The molecule has 0 aliphatic heterocycles. The van der Waals surface area contributed by atoms with Crippen molar-refractivity contribution in [3.8, 4) is 11.1 Å². The van der Waals surface area contributed by atoms with E-state index < -0.39 is 19.9 Å². The van der Waals surface area contributed by atoms with Gasteiger partial charge in [-0.2, -0.15) is 0 Å². The summed E-state index contributed by atoms with van der Waals surface area (Å²) in [4.78, 5) is 0.429. The smallest absolute Gasteiger partial charge is 0.261 e. The number of nitrogens with one attached hydrogen (secondary N) is 1. The lowest BCUT2D eigenvalue weighted by molar-refractivity contribution is 0.599. The summed E-state index contributed by atoms with van der Waals surface area (Å²) in [5.74, 6) is 0. The van der Waals surface area contributed by atoms with Crippen LogP contribution in [0.15, 0.2) is 82.6 Å². The van der Waals surface area contributed by atoms with Gasteiger partial charge in [0.05, 0.1) is 9.79 Å². The van der Waals surface area contributed by atoms with Gasteiger partial charge in [0.15, 0.2) is 9.84 Å². The molecule has 0 heterocycles. The molecule has 0 saturated heterocycles. The molecular weight excluding hydrogens is 382 g/mol. The molecule has 0 aromatic heterocycles. The molecule has 140 valence electrons. The molecule has 0 aliphatic carbocycles. The molecule has 5 nitrogen and oxygen atoms in total. The number of hydrogen-bond donors (Lipinski definition) is 1. The standard InChI is InChI=1S/C20H19NO4S2/c1-15-6-10-20(11-7-15)27(24,25)21-18-5-3-4-17(14-18)16-8-12-19(13-9-16)26(2,22)23/h3-14,21H,1-2H3. The molecule has 0 unspecified atom stereocenters. The number of aryl methyl sites for hydroxylation is 1. The topological polar surface area (TPSA) is 80.3 Å². The average Bonchev–Trinajstić information content (AvgIpc) is 2.61. The fourth-order valence-corrected chi connectivity index (χ4v) is 4.27. The molecule has 0 spiro atoms. The summed E-state index contributed by atoms with van der Waals surface area (Å²) < 4.78 is 50.8. The van der Waals surface area contributed by atoms with Crippen LogP contribution in [0.2, 0.25) is 0 Å². The van der Waals surface area contributed by atoms with Crippen LogP contribution >= 0.6 is 0 Å². The molecule has 0 bridgehead atoms. The Kier molecular flexibility index (Phi) is 5.08. The van der Waals surface area contributed by atoms with E-state index in [2.05, 4.69) is 4.72 Å². The van der Waals surface area contributed by atoms with E-state index in [0.29, 0.717) is 5.69 Å². The Morgan fingerprint density at radius 3 is 1.89 bits per heavy atom. The summed E-state index contributed by atoms with van der Waals surface area (Å²) in [6, 6.07) is 20.0. The monoisotopic (exact) mass is 401 g/mol. The Balaban J connectivity index is 1.88. The highest BCUT2D eigenvalue weighted by atomic mass is 32.2. The third-order valence-corrected chi connectivity index (χ3v) is 6.59. The molecule has 3 aromatic rings. The van der Waals surface area contributed by atoms with Crippen LogP contribution < -0.4 is 4.72 Å². The third-order valence-electron chi connectivity index (χ3n) is 4.06. The lowest BCUT2D eigenvalue weighted by Crippen LogP contribution is -2.12. The van der Waals surface area contributed by atoms with Crippen LogP contribution in [0.4, 0.5) is 5.69 Å². The Morgan fingerprint density at radius 2 is 1.30 bits per heavy atom.